The van der Waals surface area contributed by atoms with Gasteiger partial charge in [-0.25, -0.2) is 4.98 Å². The minimum Gasteiger partial charge on any atom is -0.467 e. The molecular weight excluding hydrogens is 284 g/mol. The lowest BCUT2D eigenvalue weighted by Gasteiger charge is -2.22. The maximum absolute atomic E-state index is 5.53. The molecule has 3 aromatic heterocycles. The van der Waals surface area contributed by atoms with Gasteiger partial charge in [0.2, 0.25) is 0 Å². The van der Waals surface area contributed by atoms with Gasteiger partial charge in [0.05, 0.1) is 18.5 Å². The Hall–Kier alpha value is -1.79. The summed E-state index contributed by atoms with van der Waals surface area (Å²) in [5.41, 5.74) is 1.23. The summed E-state index contributed by atoms with van der Waals surface area (Å²) in [7, 11) is 1.98. The maximum Gasteiger partial charge on any atom is 0.195 e. The largest absolute Gasteiger partial charge is 0.467 e. The summed E-state index contributed by atoms with van der Waals surface area (Å²) in [6, 6.07) is 4.57. The van der Waals surface area contributed by atoms with Crippen LogP contribution in [0.3, 0.4) is 0 Å². The quantitative estimate of drug-likeness (QED) is 0.760. The van der Waals surface area contributed by atoms with Crippen LogP contribution in [0.15, 0.2) is 34.4 Å². The Labute approximate surface area is 127 Å². The van der Waals surface area contributed by atoms with Gasteiger partial charge < -0.3 is 14.6 Å². The second-order valence-electron chi connectivity index (χ2n) is 5.41. The van der Waals surface area contributed by atoms with Gasteiger partial charge in [0.1, 0.15) is 5.76 Å². The molecule has 21 heavy (non-hydrogen) atoms. The molecule has 5 nitrogen and oxygen atoms in total. The van der Waals surface area contributed by atoms with Crippen molar-refractivity contribution >= 4 is 22.1 Å². The normalized spacial score (nSPS) is 14.9. The van der Waals surface area contributed by atoms with Crippen LogP contribution < -0.4 is 10.2 Å². The SMILES string of the molecule is CNCc1c(N(Cc2ccco2)C2CC2)nc2sccn12. The first kappa shape index (κ1) is 12.9. The van der Waals surface area contributed by atoms with Crippen molar-refractivity contribution in [1.82, 2.24) is 14.7 Å². The number of hydrogen-bond acceptors (Lipinski definition) is 5. The topological polar surface area (TPSA) is 45.7 Å². The number of hydrogen-bond donors (Lipinski definition) is 1. The molecule has 0 aromatic carbocycles. The van der Waals surface area contributed by atoms with Gasteiger partial charge in [0.25, 0.3) is 0 Å². The second-order valence-corrected chi connectivity index (χ2v) is 6.28. The van der Waals surface area contributed by atoms with Crippen molar-refractivity contribution in [1.29, 1.82) is 0 Å². The lowest BCUT2D eigenvalue weighted by Crippen LogP contribution is -2.27. The number of nitrogens with zero attached hydrogens (tertiary/aromatic N) is 3. The van der Waals surface area contributed by atoms with E-state index in [1.54, 1.807) is 17.6 Å². The zero-order chi connectivity index (χ0) is 14.2. The molecule has 1 N–H and O–H groups in total. The zero-order valence-corrected chi connectivity index (χ0v) is 12.8. The van der Waals surface area contributed by atoms with Crippen molar-refractivity contribution in [2.24, 2.45) is 0 Å². The molecule has 0 atom stereocenters. The summed E-state index contributed by atoms with van der Waals surface area (Å²) in [5.74, 6) is 2.09. The van der Waals surface area contributed by atoms with Crippen molar-refractivity contribution in [2.75, 3.05) is 11.9 Å². The van der Waals surface area contributed by atoms with Crippen molar-refractivity contribution in [3.63, 3.8) is 0 Å². The first-order valence-electron chi connectivity index (χ1n) is 7.25. The molecule has 110 valence electrons. The summed E-state index contributed by atoms with van der Waals surface area (Å²) in [6.45, 7) is 1.60. The average Bonchev–Trinajstić information content (AvgIpc) is 2.88. The van der Waals surface area contributed by atoms with Gasteiger partial charge in [-0.1, -0.05) is 0 Å². The molecule has 0 bridgehead atoms. The van der Waals surface area contributed by atoms with Crippen LogP contribution >= 0.6 is 11.3 Å². The van der Waals surface area contributed by atoms with Crippen LogP contribution in [0.5, 0.6) is 0 Å². The molecule has 0 aliphatic heterocycles. The second kappa shape index (κ2) is 5.20. The third-order valence-electron chi connectivity index (χ3n) is 3.85. The summed E-state index contributed by atoms with van der Waals surface area (Å²) in [5, 5.41) is 5.34. The Morgan fingerprint density at radius 1 is 1.52 bits per heavy atom. The summed E-state index contributed by atoms with van der Waals surface area (Å²) in [6.07, 6.45) is 6.32. The first-order chi connectivity index (χ1) is 10.4. The monoisotopic (exact) mass is 302 g/mol. The van der Waals surface area contributed by atoms with Crippen LogP contribution in [0.1, 0.15) is 24.3 Å². The highest BCUT2D eigenvalue weighted by molar-refractivity contribution is 7.15. The van der Waals surface area contributed by atoms with Crippen molar-refractivity contribution in [2.45, 2.75) is 32.0 Å². The van der Waals surface area contributed by atoms with Gasteiger partial charge in [-0.3, -0.25) is 4.40 Å². The van der Waals surface area contributed by atoms with E-state index in [-0.39, 0.29) is 0 Å². The highest BCUT2D eigenvalue weighted by Gasteiger charge is 2.33. The van der Waals surface area contributed by atoms with E-state index in [4.69, 9.17) is 9.40 Å². The molecule has 0 unspecified atom stereocenters. The number of anilines is 1. The van der Waals surface area contributed by atoms with Gasteiger partial charge in [-0.15, -0.1) is 11.3 Å². The number of imidazole rings is 1. The minimum atomic E-state index is 0.593. The lowest BCUT2D eigenvalue weighted by atomic mass is 10.3. The van der Waals surface area contributed by atoms with Gasteiger partial charge in [-0.2, -0.15) is 0 Å². The Morgan fingerprint density at radius 3 is 3.14 bits per heavy atom. The fourth-order valence-corrected chi connectivity index (χ4v) is 3.44. The van der Waals surface area contributed by atoms with Crippen LogP contribution in [0.25, 0.3) is 4.96 Å². The number of fused-ring (bicyclic) bond motifs is 1. The van der Waals surface area contributed by atoms with Crippen molar-refractivity contribution in [3.8, 4) is 0 Å². The molecule has 3 heterocycles. The molecule has 3 aromatic rings. The molecule has 1 fully saturated rings. The Kier molecular flexibility index (Phi) is 3.20. The van der Waals surface area contributed by atoms with E-state index in [0.717, 1.165) is 29.6 Å². The van der Waals surface area contributed by atoms with Gasteiger partial charge >= 0.3 is 0 Å². The summed E-state index contributed by atoms with van der Waals surface area (Å²) in [4.78, 5) is 8.31. The maximum atomic E-state index is 5.53. The molecule has 4 rings (SSSR count). The lowest BCUT2D eigenvalue weighted by molar-refractivity contribution is 0.500. The van der Waals surface area contributed by atoms with E-state index in [9.17, 15) is 0 Å². The van der Waals surface area contributed by atoms with E-state index in [1.807, 2.05) is 19.2 Å². The molecule has 1 aliphatic rings. The van der Waals surface area contributed by atoms with Gasteiger partial charge in [-0.05, 0) is 32.0 Å². The molecule has 0 saturated heterocycles. The van der Waals surface area contributed by atoms with Crippen LogP contribution in [0.2, 0.25) is 0 Å². The smallest absolute Gasteiger partial charge is 0.195 e. The highest BCUT2D eigenvalue weighted by Crippen LogP contribution is 2.35. The zero-order valence-electron chi connectivity index (χ0n) is 12.0. The van der Waals surface area contributed by atoms with E-state index in [1.165, 1.54) is 18.5 Å². The minimum absolute atomic E-state index is 0.593. The number of rotatable bonds is 6. The standard InChI is InChI=1S/C15H18N4OS/c1-16-9-13-14(17-15-18(13)6-8-21-15)19(11-4-5-11)10-12-3-2-7-20-12/h2-3,6-8,11,16H,4-5,9-10H2,1H3. The molecular formula is C15H18N4OS. The Balaban J connectivity index is 1.74. The molecule has 1 saturated carbocycles. The van der Waals surface area contributed by atoms with Crippen LogP contribution in [0.4, 0.5) is 5.82 Å². The molecule has 0 radical (unpaired) electrons. The summed E-state index contributed by atoms with van der Waals surface area (Å²) >= 11 is 1.68. The van der Waals surface area contributed by atoms with Crippen LogP contribution in [0, 0.1) is 0 Å². The third-order valence-corrected chi connectivity index (χ3v) is 4.61. The van der Waals surface area contributed by atoms with E-state index in [2.05, 4.69) is 26.2 Å². The molecule has 0 spiro atoms. The van der Waals surface area contributed by atoms with Gasteiger partial charge in [0, 0.05) is 24.2 Å². The van der Waals surface area contributed by atoms with E-state index >= 15 is 0 Å². The van der Waals surface area contributed by atoms with E-state index in [0.29, 0.717) is 6.04 Å². The first-order valence-corrected chi connectivity index (χ1v) is 8.13. The highest BCUT2D eigenvalue weighted by atomic mass is 32.1. The van der Waals surface area contributed by atoms with Crippen LogP contribution in [-0.4, -0.2) is 22.5 Å². The third kappa shape index (κ3) is 2.34. The van der Waals surface area contributed by atoms with E-state index < -0.39 is 0 Å². The average molecular weight is 302 g/mol. The Bertz CT molecular complexity index is 726. The fourth-order valence-electron chi connectivity index (χ4n) is 2.72. The molecule has 1 aliphatic carbocycles. The number of furan rings is 1. The predicted molar refractivity (Wildman–Crippen MR) is 83.7 cm³/mol. The number of nitrogens with one attached hydrogen (secondary N) is 1. The molecule has 0 amide bonds. The van der Waals surface area contributed by atoms with Crippen LogP contribution in [-0.2, 0) is 13.1 Å². The Morgan fingerprint density at radius 2 is 2.43 bits per heavy atom. The fraction of sp³-hybridized carbons (Fsp3) is 0.400. The van der Waals surface area contributed by atoms with Crippen molar-refractivity contribution < 1.29 is 4.42 Å². The number of aromatic nitrogens is 2. The van der Waals surface area contributed by atoms with Crippen molar-refractivity contribution in [3.05, 3.63) is 41.4 Å². The predicted octanol–water partition coefficient (Wildman–Crippen LogP) is 2.88. The van der Waals surface area contributed by atoms with Gasteiger partial charge in [0.15, 0.2) is 10.8 Å². The number of thiazole rings is 1. The molecule has 6 heteroatoms. The summed E-state index contributed by atoms with van der Waals surface area (Å²) < 4.78 is 7.72.